The van der Waals surface area contributed by atoms with Crippen LogP contribution in [0, 0.1) is 5.92 Å². The molecule has 4 nitrogen and oxygen atoms in total. The molecular weight excluding hydrogens is 294 g/mol. The Morgan fingerprint density at radius 3 is 2.94 bits per heavy atom. The number of H-pyrrole nitrogens is 1. The zero-order valence-electron chi connectivity index (χ0n) is 9.82. The number of nitrogens with zero attached hydrogens (tertiary/aromatic N) is 1. The zero-order chi connectivity index (χ0) is 12.5. The molecule has 0 saturated heterocycles. The van der Waals surface area contributed by atoms with E-state index >= 15 is 0 Å². The number of para-hydroxylation sites is 1. The topological polar surface area (TPSA) is 63.9 Å². The summed E-state index contributed by atoms with van der Waals surface area (Å²) in [6, 6.07) is 7.76. The van der Waals surface area contributed by atoms with E-state index in [0.29, 0.717) is 5.82 Å². The van der Waals surface area contributed by atoms with E-state index in [0.717, 1.165) is 34.0 Å². The largest absolute Gasteiger partial charge is 0.491 e. The standard InChI is InChI=1S/C13H14BrN3O/c14-10-3-1-2-9(11-6-12(15)17-16-11)13(10)18-7-8-4-5-8/h1-3,6,8H,4-5,7H2,(H3,15,16,17). The summed E-state index contributed by atoms with van der Waals surface area (Å²) >= 11 is 3.53. The van der Waals surface area contributed by atoms with Gasteiger partial charge in [0.25, 0.3) is 0 Å². The lowest BCUT2D eigenvalue weighted by molar-refractivity contribution is 0.299. The number of rotatable bonds is 4. The van der Waals surface area contributed by atoms with Crippen LogP contribution < -0.4 is 10.5 Å². The molecule has 1 fully saturated rings. The van der Waals surface area contributed by atoms with Gasteiger partial charge in [-0.3, -0.25) is 5.10 Å². The highest BCUT2D eigenvalue weighted by Crippen LogP contribution is 2.38. The van der Waals surface area contributed by atoms with Crippen LogP contribution in [0.3, 0.4) is 0 Å². The monoisotopic (exact) mass is 307 g/mol. The van der Waals surface area contributed by atoms with Crippen molar-refractivity contribution in [3.05, 3.63) is 28.7 Å². The molecule has 0 aliphatic heterocycles. The number of hydrogen-bond donors (Lipinski definition) is 2. The molecule has 18 heavy (non-hydrogen) atoms. The molecule has 1 saturated carbocycles. The molecule has 0 atom stereocenters. The molecule has 0 spiro atoms. The number of ether oxygens (including phenoxy) is 1. The van der Waals surface area contributed by atoms with Gasteiger partial charge in [0.05, 0.1) is 16.8 Å². The van der Waals surface area contributed by atoms with Crippen LogP contribution in [0.5, 0.6) is 5.75 Å². The van der Waals surface area contributed by atoms with E-state index < -0.39 is 0 Å². The van der Waals surface area contributed by atoms with Gasteiger partial charge in [0.1, 0.15) is 11.6 Å². The maximum absolute atomic E-state index is 5.92. The van der Waals surface area contributed by atoms with Crippen molar-refractivity contribution in [2.24, 2.45) is 5.92 Å². The molecule has 1 aliphatic rings. The van der Waals surface area contributed by atoms with Crippen molar-refractivity contribution in [2.75, 3.05) is 12.3 Å². The number of nitrogen functional groups attached to an aromatic ring is 1. The van der Waals surface area contributed by atoms with Crippen molar-refractivity contribution < 1.29 is 4.74 Å². The normalized spacial score (nSPS) is 14.7. The minimum atomic E-state index is 0.484. The van der Waals surface area contributed by atoms with Crippen LogP contribution in [0.1, 0.15) is 12.8 Å². The predicted molar refractivity (Wildman–Crippen MR) is 74.4 cm³/mol. The van der Waals surface area contributed by atoms with Crippen molar-refractivity contribution in [1.82, 2.24) is 10.2 Å². The number of hydrogen-bond acceptors (Lipinski definition) is 3. The molecule has 3 N–H and O–H groups in total. The lowest BCUT2D eigenvalue weighted by Crippen LogP contribution is -2.01. The van der Waals surface area contributed by atoms with Crippen LogP contribution in [-0.4, -0.2) is 16.8 Å². The summed E-state index contributed by atoms with van der Waals surface area (Å²) in [7, 11) is 0. The van der Waals surface area contributed by atoms with Gasteiger partial charge in [-0.25, -0.2) is 0 Å². The summed E-state index contributed by atoms with van der Waals surface area (Å²) in [6.07, 6.45) is 2.55. The number of aromatic amines is 1. The number of anilines is 1. The van der Waals surface area contributed by atoms with Crippen LogP contribution in [0.15, 0.2) is 28.7 Å². The first-order chi connectivity index (χ1) is 8.74. The van der Waals surface area contributed by atoms with Crippen LogP contribution >= 0.6 is 15.9 Å². The highest BCUT2D eigenvalue weighted by molar-refractivity contribution is 9.10. The van der Waals surface area contributed by atoms with Crippen LogP contribution in [-0.2, 0) is 0 Å². The van der Waals surface area contributed by atoms with E-state index in [1.165, 1.54) is 12.8 Å². The predicted octanol–water partition coefficient (Wildman–Crippen LogP) is 3.21. The Morgan fingerprint density at radius 1 is 1.44 bits per heavy atom. The second-order valence-electron chi connectivity index (χ2n) is 4.58. The number of nitrogens with two attached hydrogens (primary N) is 1. The number of nitrogens with one attached hydrogen (secondary N) is 1. The number of benzene rings is 1. The SMILES string of the molecule is Nc1cc(-c2cccc(Br)c2OCC2CC2)[nH]n1. The van der Waals surface area contributed by atoms with E-state index in [-0.39, 0.29) is 0 Å². The molecular formula is C13H14BrN3O. The highest BCUT2D eigenvalue weighted by Gasteiger charge is 2.23. The average Bonchev–Trinajstić information content (AvgIpc) is 3.08. The van der Waals surface area contributed by atoms with Gasteiger partial charge in [-0.05, 0) is 46.8 Å². The highest BCUT2D eigenvalue weighted by atomic mass is 79.9. The van der Waals surface area contributed by atoms with Crippen molar-refractivity contribution in [3.63, 3.8) is 0 Å². The zero-order valence-corrected chi connectivity index (χ0v) is 11.4. The Hall–Kier alpha value is -1.49. The van der Waals surface area contributed by atoms with Gasteiger partial charge in [0.2, 0.25) is 0 Å². The third-order valence-electron chi connectivity index (χ3n) is 3.02. The molecule has 0 unspecified atom stereocenters. The molecule has 1 heterocycles. The quantitative estimate of drug-likeness (QED) is 0.911. The van der Waals surface area contributed by atoms with Gasteiger partial charge in [0.15, 0.2) is 0 Å². The number of aromatic nitrogens is 2. The van der Waals surface area contributed by atoms with Crippen molar-refractivity contribution >= 4 is 21.7 Å². The van der Waals surface area contributed by atoms with Crippen LogP contribution in [0.2, 0.25) is 0 Å². The van der Waals surface area contributed by atoms with Gasteiger partial charge in [-0.2, -0.15) is 5.10 Å². The molecule has 0 radical (unpaired) electrons. The van der Waals surface area contributed by atoms with E-state index in [1.807, 2.05) is 24.3 Å². The molecule has 2 aromatic rings. The lowest BCUT2D eigenvalue weighted by Gasteiger charge is -2.11. The first kappa shape index (κ1) is 11.6. The van der Waals surface area contributed by atoms with Gasteiger partial charge in [-0.15, -0.1) is 0 Å². The van der Waals surface area contributed by atoms with Crippen molar-refractivity contribution in [1.29, 1.82) is 0 Å². The van der Waals surface area contributed by atoms with Crippen LogP contribution in [0.25, 0.3) is 11.3 Å². The first-order valence-electron chi connectivity index (χ1n) is 5.96. The molecule has 5 heteroatoms. The summed E-state index contributed by atoms with van der Waals surface area (Å²) < 4.78 is 6.87. The lowest BCUT2D eigenvalue weighted by atomic mass is 10.1. The minimum Gasteiger partial charge on any atom is -0.491 e. The molecule has 3 rings (SSSR count). The summed E-state index contributed by atoms with van der Waals surface area (Å²) in [5.74, 6) is 2.06. The number of halogens is 1. The fraction of sp³-hybridized carbons (Fsp3) is 0.308. The molecule has 1 aromatic heterocycles. The summed E-state index contributed by atoms with van der Waals surface area (Å²) in [4.78, 5) is 0. The maximum atomic E-state index is 5.92. The Morgan fingerprint density at radius 2 is 2.28 bits per heavy atom. The van der Waals surface area contributed by atoms with Crippen molar-refractivity contribution in [3.8, 4) is 17.0 Å². The minimum absolute atomic E-state index is 0.484. The second kappa shape index (κ2) is 4.65. The molecule has 1 aromatic carbocycles. The summed E-state index contributed by atoms with van der Waals surface area (Å²) in [5.41, 5.74) is 7.50. The fourth-order valence-corrected chi connectivity index (χ4v) is 2.31. The van der Waals surface area contributed by atoms with E-state index in [1.54, 1.807) is 0 Å². The van der Waals surface area contributed by atoms with Gasteiger partial charge < -0.3 is 10.5 Å². The average molecular weight is 308 g/mol. The Bertz CT molecular complexity index is 563. The molecule has 94 valence electrons. The maximum Gasteiger partial charge on any atom is 0.145 e. The molecule has 0 bridgehead atoms. The smallest absolute Gasteiger partial charge is 0.145 e. The second-order valence-corrected chi connectivity index (χ2v) is 5.43. The Labute approximate surface area is 114 Å². The summed E-state index contributed by atoms with van der Waals surface area (Å²) in [5, 5.41) is 6.87. The third kappa shape index (κ3) is 2.36. The fourth-order valence-electron chi connectivity index (χ4n) is 1.83. The molecule has 1 aliphatic carbocycles. The summed E-state index contributed by atoms with van der Waals surface area (Å²) in [6.45, 7) is 0.777. The van der Waals surface area contributed by atoms with Gasteiger partial charge in [-0.1, -0.05) is 6.07 Å². The van der Waals surface area contributed by atoms with E-state index in [2.05, 4.69) is 26.1 Å². The molecule has 0 amide bonds. The van der Waals surface area contributed by atoms with Crippen LogP contribution in [0.4, 0.5) is 5.82 Å². The van der Waals surface area contributed by atoms with Gasteiger partial charge >= 0.3 is 0 Å². The Kier molecular flexibility index (Phi) is 2.99. The van der Waals surface area contributed by atoms with E-state index in [4.69, 9.17) is 10.5 Å². The third-order valence-corrected chi connectivity index (χ3v) is 3.64. The van der Waals surface area contributed by atoms with E-state index in [9.17, 15) is 0 Å². The van der Waals surface area contributed by atoms with Gasteiger partial charge in [0, 0.05) is 11.6 Å². The van der Waals surface area contributed by atoms with Crippen molar-refractivity contribution in [2.45, 2.75) is 12.8 Å². The Balaban J connectivity index is 1.93. The first-order valence-corrected chi connectivity index (χ1v) is 6.76.